The summed E-state index contributed by atoms with van der Waals surface area (Å²) in [6.07, 6.45) is -0.0334. The van der Waals surface area contributed by atoms with Gasteiger partial charge in [0.2, 0.25) is 5.79 Å². The first-order chi connectivity index (χ1) is 10.2. The van der Waals surface area contributed by atoms with Crippen molar-refractivity contribution in [1.29, 1.82) is 0 Å². The predicted octanol–water partition coefficient (Wildman–Crippen LogP) is 1.04. The van der Waals surface area contributed by atoms with E-state index in [1.165, 1.54) is 12.1 Å². The van der Waals surface area contributed by atoms with E-state index in [0.717, 1.165) is 7.11 Å². The normalized spacial score (nSPS) is 24.9. The molecule has 0 amide bonds. The molecular weight excluding hydrogens is 312 g/mol. The van der Waals surface area contributed by atoms with E-state index in [1.807, 2.05) is 0 Å². The maximum absolute atomic E-state index is 12.1. The zero-order chi connectivity index (χ0) is 16.5. The van der Waals surface area contributed by atoms with Crippen LogP contribution in [0.2, 0.25) is 0 Å². The lowest BCUT2D eigenvalue weighted by atomic mass is 9.92. The quantitative estimate of drug-likeness (QED) is 0.328. The van der Waals surface area contributed by atoms with E-state index >= 15 is 0 Å². The first-order valence-electron chi connectivity index (χ1n) is 6.18. The fourth-order valence-electron chi connectivity index (χ4n) is 2.13. The Bertz CT molecular complexity index is 762. The van der Waals surface area contributed by atoms with Gasteiger partial charge in [-0.1, -0.05) is 30.3 Å². The van der Waals surface area contributed by atoms with Crippen molar-refractivity contribution in [2.75, 3.05) is 7.11 Å². The Labute approximate surface area is 126 Å². The maximum Gasteiger partial charge on any atom is 0.296 e. The van der Waals surface area contributed by atoms with Crippen LogP contribution in [0, 0.1) is 0 Å². The number of allylic oxidation sites excluding steroid dienone is 2. The van der Waals surface area contributed by atoms with Crippen LogP contribution >= 0.6 is 0 Å². The highest BCUT2D eigenvalue weighted by atomic mass is 32.2. The Hall–Kier alpha value is -2.00. The summed E-state index contributed by atoms with van der Waals surface area (Å²) in [5, 5.41) is 20.2. The highest BCUT2D eigenvalue weighted by Crippen LogP contribution is 2.35. The van der Waals surface area contributed by atoms with Crippen LogP contribution in [0.15, 0.2) is 46.9 Å². The lowest BCUT2D eigenvalue weighted by Crippen LogP contribution is -2.42. The average Bonchev–Trinajstić information content (AvgIpc) is 2.46. The van der Waals surface area contributed by atoms with Crippen LogP contribution in [0.5, 0.6) is 0 Å². The molecule has 22 heavy (non-hydrogen) atoms. The molecule has 1 aliphatic carbocycles. The highest BCUT2D eigenvalue weighted by molar-refractivity contribution is 7.89. The molecule has 3 N–H and O–H groups in total. The van der Waals surface area contributed by atoms with Crippen molar-refractivity contribution in [3.63, 3.8) is 0 Å². The molecule has 0 heterocycles. The molecule has 0 saturated heterocycles. The van der Waals surface area contributed by atoms with Crippen molar-refractivity contribution in [3.05, 3.63) is 52.4 Å². The van der Waals surface area contributed by atoms with Crippen molar-refractivity contribution in [2.24, 2.45) is 0 Å². The second-order valence-corrected chi connectivity index (χ2v) is 6.09. The second-order valence-electron chi connectivity index (χ2n) is 4.70. The predicted molar refractivity (Wildman–Crippen MR) is 77.2 cm³/mol. The van der Waals surface area contributed by atoms with Gasteiger partial charge in [-0.05, 0) is 6.08 Å². The zero-order valence-corrected chi connectivity index (χ0v) is 12.4. The summed E-state index contributed by atoms with van der Waals surface area (Å²) in [5.74, 6) is -3.64. The first kappa shape index (κ1) is 16.4. The van der Waals surface area contributed by atoms with Crippen LogP contribution in [-0.2, 0) is 19.6 Å². The molecule has 2 rings (SSSR count). The average molecular weight is 326 g/mol. The third kappa shape index (κ3) is 2.95. The van der Waals surface area contributed by atoms with E-state index in [2.05, 4.69) is 4.74 Å². The third-order valence-corrected chi connectivity index (χ3v) is 4.27. The summed E-state index contributed by atoms with van der Waals surface area (Å²) >= 11 is 0. The van der Waals surface area contributed by atoms with Gasteiger partial charge in [0.05, 0.1) is 12.0 Å². The summed E-state index contributed by atoms with van der Waals surface area (Å²) in [4.78, 5) is 11.2. The van der Waals surface area contributed by atoms with Gasteiger partial charge in [0, 0.05) is 12.7 Å². The number of hydrogen-bond donors (Lipinski definition) is 3. The van der Waals surface area contributed by atoms with Gasteiger partial charge in [-0.2, -0.15) is 8.42 Å². The second kappa shape index (κ2) is 5.65. The zero-order valence-electron chi connectivity index (χ0n) is 11.6. The van der Waals surface area contributed by atoms with Gasteiger partial charge < -0.3 is 14.9 Å². The Morgan fingerprint density at radius 3 is 2.36 bits per heavy atom. The summed E-state index contributed by atoms with van der Waals surface area (Å²) in [6.45, 7) is 0. The molecule has 0 spiro atoms. The fraction of sp³-hybridized carbons (Fsp3) is 0.214. The summed E-state index contributed by atoms with van der Waals surface area (Å²) in [7, 11) is -3.83. The van der Waals surface area contributed by atoms with Crippen molar-refractivity contribution in [2.45, 2.75) is 12.2 Å². The van der Waals surface area contributed by atoms with Gasteiger partial charge in [0.1, 0.15) is 10.7 Å². The Balaban J connectivity index is 2.68. The molecule has 0 aromatic heterocycles. The summed E-state index contributed by atoms with van der Waals surface area (Å²) in [6, 6.07) is 7.99. The van der Waals surface area contributed by atoms with E-state index in [-0.39, 0.29) is 5.57 Å². The molecule has 7 nitrogen and oxygen atoms in total. The van der Waals surface area contributed by atoms with Gasteiger partial charge in [-0.3, -0.25) is 9.35 Å². The minimum Gasteiger partial charge on any atom is -0.507 e. The smallest absolute Gasteiger partial charge is 0.296 e. The third-order valence-electron chi connectivity index (χ3n) is 3.28. The topological polar surface area (TPSA) is 121 Å². The van der Waals surface area contributed by atoms with Gasteiger partial charge >= 0.3 is 0 Å². The molecule has 0 bridgehead atoms. The monoisotopic (exact) mass is 326 g/mol. The minimum atomic E-state index is -4.83. The Morgan fingerprint density at radius 2 is 1.86 bits per heavy atom. The number of hydrogen-bond acceptors (Lipinski definition) is 6. The number of carbonyl (C=O) groups excluding carboxylic acids is 1. The number of methoxy groups -OCH3 is 1. The molecule has 0 fully saturated rings. The van der Waals surface area contributed by atoms with Crippen molar-refractivity contribution >= 4 is 21.7 Å². The summed E-state index contributed by atoms with van der Waals surface area (Å²) < 4.78 is 36.7. The van der Waals surface area contributed by atoms with Crippen LogP contribution in [0.1, 0.15) is 12.0 Å². The molecule has 118 valence electrons. The number of ketones is 1. The van der Waals surface area contributed by atoms with Gasteiger partial charge in [0.25, 0.3) is 10.1 Å². The van der Waals surface area contributed by atoms with E-state index in [0.29, 0.717) is 11.6 Å². The SMILES string of the molecule is COC1(O)CC(=O)C(=C(O)c2ccccc2)C=C1S(=O)(=O)O. The standard InChI is InChI=1S/C14H14O7S/c1-21-14(17)8-11(15)10(7-12(14)22(18,19)20)13(16)9-5-3-2-4-6-9/h2-7,16-17H,8H2,1H3,(H,18,19,20). The Morgan fingerprint density at radius 1 is 1.27 bits per heavy atom. The lowest BCUT2D eigenvalue weighted by molar-refractivity contribution is -0.163. The van der Waals surface area contributed by atoms with Crippen molar-refractivity contribution in [3.8, 4) is 0 Å². The molecule has 1 aromatic carbocycles. The first-order valence-corrected chi connectivity index (χ1v) is 7.62. The fourth-order valence-corrected chi connectivity index (χ4v) is 2.95. The number of rotatable bonds is 3. The number of carbonyl (C=O) groups is 1. The number of benzene rings is 1. The van der Waals surface area contributed by atoms with E-state index < -0.39 is 38.8 Å². The molecule has 1 unspecified atom stereocenters. The lowest BCUT2D eigenvalue weighted by Gasteiger charge is -2.30. The van der Waals surface area contributed by atoms with E-state index in [9.17, 15) is 28.0 Å². The molecule has 0 radical (unpaired) electrons. The van der Waals surface area contributed by atoms with Gasteiger partial charge in [0.15, 0.2) is 5.78 Å². The molecule has 0 aliphatic heterocycles. The van der Waals surface area contributed by atoms with Crippen molar-refractivity contribution < 1.29 is 32.7 Å². The van der Waals surface area contributed by atoms with Crippen LogP contribution in [0.25, 0.3) is 5.76 Å². The largest absolute Gasteiger partial charge is 0.507 e. The Kier molecular flexibility index (Phi) is 4.21. The van der Waals surface area contributed by atoms with Crippen LogP contribution in [0.4, 0.5) is 0 Å². The molecule has 8 heteroatoms. The molecule has 0 saturated carbocycles. The van der Waals surface area contributed by atoms with Crippen molar-refractivity contribution in [1.82, 2.24) is 0 Å². The van der Waals surface area contributed by atoms with E-state index in [4.69, 9.17) is 0 Å². The number of ether oxygens (including phenoxy) is 1. The molecular formula is C14H14O7S. The van der Waals surface area contributed by atoms with Gasteiger partial charge in [-0.25, -0.2) is 0 Å². The molecule has 1 aromatic rings. The number of aliphatic hydroxyl groups is 2. The summed E-state index contributed by atoms with van der Waals surface area (Å²) in [5.41, 5.74) is -0.0415. The minimum absolute atomic E-state index is 0.291. The van der Waals surface area contributed by atoms with Gasteiger partial charge in [-0.15, -0.1) is 0 Å². The number of aliphatic hydroxyl groups excluding tert-OH is 1. The highest BCUT2D eigenvalue weighted by Gasteiger charge is 2.45. The van der Waals surface area contributed by atoms with Crippen LogP contribution < -0.4 is 0 Å². The molecule has 1 aliphatic rings. The number of Topliss-reactive ketones (excluding diaryl/α,β-unsaturated/α-hetero) is 1. The maximum atomic E-state index is 12.1. The van der Waals surface area contributed by atoms with Crippen LogP contribution in [0.3, 0.4) is 0 Å². The van der Waals surface area contributed by atoms with Crippen LogP contribution in [-0.4, -0.2) is 41.9 Å². The van der Waals surface area contributed by atoms with E-state index in [1.54, 1.807) is 18.2 Å². The molecule has 1 atom stereocenters.